The Kier molecular flexibility index (Phi) is 8.43. The normalized spacial score (nSPS) is 26.2. The SMILES string of the molecule is COc1cc([C@H]2c3sc(=O)[nH]c3SC3C2[C@H]2C[C@@H]3C3C(=O)N(c4ccccc4C(F)(F)F)C(=O)C32)ccc1OCC(=O)Nc1ccc(Cl)c(Cl)c1. The highest BCUT2D eigenvalue weighted by molar-refractivity contribution is 8.00. The molecule has 2 bridgehead atoms. The fraction of sp³-hybridized carbons (Fsp3) is 0.314. The van der Waals surface area contributed by atoms with Crippen molar-refractivity contribution in [3.05, 3.63) is 96.4 Å². The van der Waals surface area contributed by atoms with Gasteiger partial charge in [-0.3, -0.25) is 19.2 Å². The maximum Gasteiger partial charge on any atom is 0.418 e. The average molecular weight is 777 g/mol. The number of aromatic nitrogens is 1. The van der Waals surface area contributed by atoms with Crippen LogP contribution in [0.5, 0.6) is 11.5 Å². The monoisotopic (exact) mass is 775 g/mol. The molecular formula is C35H26Cl2F3N3O6S2. The zero-order chi connectivity index (χ0) is 35.9. The molecule has 9 nitrogen and oxygen atoms in total. The van der Waals surface area contributed by atoms with Gasteiger partial charge in [0.1, 0.15) is 0 Å². The van der Waals surface area contributed by atoms with Gasteiger partial charge in [-0.1, -0.05) is 52.7 Å². The number of carbonyl (C=O) groups is 3. The molecule has 3 heterocycles. The number of H-pyrrole nitrogens is 1. The molecule has 3 aromatic carbocycles. The Labute approximate surface area is 306 Å². The van der Waals surface area contributed by atoms with Crippen molar-refractivity contribution in [1.82, 2.24) is 4.98 Å². The molecule has 0 radical (unpaired) electrons. The van der Waals surface area contributed by atoms with Crippen molar-refractivity contribution in [3.8, 4) is 11.5 Å². The number of anilines is 2. The quantitative estimate of drug-likeness (QED) is 0.187. The van der Waals surface area contributed by atoms with E-state index in [2.05, 4.69) is 10.3 Å². The summed E-state index contributed by atoms with van der Waals surface area (Å²) >= 11 is 14.5. The topological polar surface area (TPSA) is 118 Å². The van der Waals surface area contributed by atoms with Gasteiger partial charge < -0.3 is 19.8 Å². The van der Waals surface area contributed by atoms with Crippen molar-refractivity contribution in [1.29, 1.82) is 0 Å². The van der Waals surface area contributed by atoms with Gasteiger partial charge in [0.2, 0.25) is 11.8 Å². The standard InChI is InChI=1S/C35H26Cl2F3N3O6S2/c1-48-23-10-14(6-9-22(23)49-13-24(44)41-15-7-8-19(36)20(37)11-15)25-26-16-12-17(29(26)50-31-30(25)51-34(47)42-31)28-27(16)32(45)43(33(28)46)21-5-3-2-4-18(21)35(38,39)40/h2-11,16-17,25-29H,12-13H2,1H3,(H,41,44)(H,42,47)/t16-,17-,25-,26?,27?,28?,29?/m1/s1. The number of fused-ring (bicyclic) bond motifs is 9. The van der Waals surface area contributed by atoms with Gasteiger partial charge in [-0.05, 0) is 72.2 Å². The number of hydrogen-bond donors (Lipinski definition) is 2. The number of amides is 3. The van der Waals surface area contributed by atoms with Crippen LogP contribution in [0.3, 0.4) is 0 Å². The van der Waals surface area contributed by atoms with Crippen LogP contribution in [-0.2, 0) is 20.6 Å². The lowest BCUT2D eigenvalue weighted by molar-refractivity contribution is -0.137. The summed E-state index contributed by atoms with van der Waals surface area (Å²) in [4.78, 5) is 57.5. The van der Waals surface area contributed by atoms with Crippen LogP contribution in [-0.4, -0.2) is 41.7 Å². The van der Waals surface area contributed by atoms with E-state index in [0.717, 1.165) is 32.7 Å². The van der Waals surface area contributed by atoms with Crippen LogP contribution in [0.25, 0.3) is 0 Å². The van der Waals surface area contributed by atoms with E-state index < -0.39 is 47.0 Å². The third kappa shape index (κ3) is 5.62. The van der Waals surface area contributed by atoms with E-state index >= 15 is 0 Å². The predicted octanol–water partition coefficient (Wildman–Crippen LogP) is 7.47. The van der Waals surface area contributed by atoms with Crippen LogP contribution >= 0.6 is 46.3 Å². The number of halogens is 5. The molecule has 16 heteroatoms. The second-order valence-corrected chi connectivity index (χ2v) is 15.9. The number of methoxy groups -OCH3 is 1. The number of ether oxygens (including phenoxy) is 2. The highest BCUT2D eigenvalue weighted by atomic mass is 35.5. The first-order chi connectivity index (χ1) is 24.3. The number of benzene rings is 3. The fourth-order valence-electron chi connectivity index (χ4n) is 8.45. The Hall–Kier alpha value is -3.98. The smallest absolute Gasteiger partial charge is 0.418 e. The molecule has 3 fully saturated rings. The summed E-state index contributed by atoms with van der Waals surface area (Å²) in [5, 5.41) is 3.82. The minimum atomic E-state index is -4.76. The number of hydrogen-bond acceptors (Lipinski definition) is 8. The minimum absolute atomic E-state index is 0.180. The number of aromatic amines is 1. The number of carbonyl (C=O) groups excluding carboxylic acids is 3. The number of nitrogens with one attached hydrogen (secondary N) is 2. The molecule has 2 N–H and O–H groups in total. The summed E-state index contributed by atoms with van der Waals surface area (Å²) in [6, 6.07) is 14.6. The van der Waals surface area contributed by atoms with Crippen LogP contribution in [0.1, 0.15) is 28.3 Å². The zero-order valence-electron chi connectivity index (χ0n) is 26.3. The van der Waals surface area contributed by atoms with Crippen molar-refractivity contribution in [2.24, 2.45) is 29.6 Å². The van der Waals surface area contributed by atoms with Crippen molar-refractivity contribution in [2.75, 3.05) is 23.9 Å². The summed E-state index contributed by atoms with van der Waals surface area (Å²) in [5.41, 5.74) is -0.277. The molecule has 4 aromatic rings. The van der Waals surface area contributed by atoms with Crippen LogP contribution in [0.4, 0.5) is 24.5 Å². The van der Waals surface area contributed by atoms with Gasteiger partial charge in [-0.25, -0.2) is 4.90 Å². The lowest BCUT2D eigenvalue weighted by atomic mass is 9.68. The Bertz CT molecular complexity index is 2180. The van der Waals surface area contributed by atoms with Crippen molar-refractivity contribution in [3.63, 3.8) is 0 Å². The second kappa shape index (κ2) is 12.6. The van der Waals surface area contributed by atoms with Crippen LogP contribution in [0.15, 0.2) is 70.5 Å². The van der Waals surface area contributed by atoms with E-state index in [4.69, 9.17) is 32.7 Å². The third-order valence-electron chi connectivity index (χ3n) is 10.3. The summed E-state index contributed by atoms with van der Waals surface area (Å²) in [7, 11) is 1.46. The lowest BCUT2D eigenvalue weighted by Crippen LogP contribution is -2.42. The number of thiazole rings is 1. The molecule has 8 rings (SSSR count). The van der Waals surface area contributed by atoms with Crippen molar-refractivity contribution < 1.29 is 37.0 Å². The molecule has 2 aliphatic carbocycles. The minimum Gasteiger partial charge on any atom is -0.493 e. The average Bonchev–Trinajstić information content (AvgIpc) is 3.83. The predicted molar refractivity (Wildman–Crippen MR) is 186 cm³/mol. The zero-order valence-corrected chi connectivity index (χ0v) is 29.5. The molecule has 1 saturated heterocycles. The highest BCUT2D eigenvalue weighted by Crippen LogP contribution is 2.69. The number of nitrogens with zero attached hydrogens (tertiary/aromatic N) is 1. The second-order valence-electron chi connectivity index (χ2n) is 12.9. The van der Waals surface area contributed by atoms with Crippen molar-refractivity contribution in [2.45, 2.75) is 28.8 Å². The molecule has 264 valence electrons. The summed E-state index contributed by atoms with van der Waals surface area (Å²) < 4.78 is 53.5. The number of alkyl halides is 3. The molecular weight excluding hydrogens is 750 g/mol. The first-order valence-corrected chi connectivity index (χ1v) is 18.3. The number of thioether (sulfide) groups is 1. The summed E-state index contributed by atoms with van der Waals surface area (Å²) in [6.45, 7) is -0.346. The van der Waals surface area contributed by atoms with Gasteiger partial charge in [0.15, 0.2) is 18.1 Å². The Morgan fingerprint density at radius 1 is 0.980 bits per heavy atom. The molecule has 7 atom stereocenters. The van der Waals surface area contributed by atoms with Crippen LogP contribution in [0.2, 0.25) is 10.0 Å². The number of rotatable bonds is 7. The van der Waals surface area contributed by atoms with Crippen LogP contribution in [0, 0.1) is 29.6 Å². The largest absolute Gasteiger partial charge is 0.493 e. The van der Waals surface area contributed by atoms with Gasteiger partial charge in [-0.15, -0.1) is 11.8 Å². The lowest BCUT2D eigenvalue weighted by Gasteiger charge is -2.43. The van der Waals surface area contributed by atoms with E-state index in [-0.39, 0.29) is 45.4 Å². The first-order valence-electron chi connectivity index (χ1n) is 15.8. The molecule has 0 spiro atoms. The first kappa shape index (κ1) is 34.1. The Morgan fingerprint density at radius 2 is 1.73 bits per heavy atom. The molecule has 51 heavy (non-hydrogen) atoms. The summed E-state index contributed by atoms with van der Waals surface area (Å²) in [6.07, 6.45) is -4.20. The van der Waals surface area contributed by atoms with Gasteiger partial charge >= 0.3 is 11.0 Å². The van der Waals surface area contributed by atoms with E-state index in [1.54, 1.807) is 24.3 Å². The maximum atomic E-state index is 14.0. The van der Waals surface area contributed by atoms with Gasteiger partial charge in [0.05, 0.1) is 45.3 Å². The van der Waals surface area contributed by atoms with Gasteiger partial charge in [0, 0.05) is 21.7 Å². The van der Waals surface area contributed by atoms with Gasteiger partial charge in [0.25, 0.3) is 5.91 Å². The highest BCUT2D eigenvalue weighted by Gasteiger charge is 2.70. The van der Waals surface area contributed by atoms with E-state index in [1.165, 1.54) is 43.1 Å². The molecule has 3 amide bonds. The summed E-state index contributed by atoms with van der Waals surface area (Å²) in [5.74, 6) is -3.80. The van der Waals surface area contributed by atoms with E-state index in [0.29, 0.717) is 33.7 Å². The maximum absolute atomic E-state index is 14.0. The Balaban J connectivity index is 1.09. The molecule has 4 unspecified atom stereocenters. The fourth-order valence-corrected chi connectivity index (χ4v) is 11.6. The van der Waals surface area contributed by atoms with Crippen LogP contribution < -0.4 is 24.6 Å². The third-order valence-corrected chi connectivity index (χ3v) is 13.6. The number of para-hydroxylation sites is 1. The molecule has 1 aromatic heterocycles. The molecule has 2 saturated carbocycles. The Morgan fingerprint density at radius 3 is 2.45 bits per heavy atom. The van der Waals surface area contributed by atoms with E-state index in [1.807, 2.05) is 6.07 Å². The molecule has 4 aliphatic rings. The molecule has 2 aliphatic heterocycles. The number of imide groups is 1. The van der Waals surface area contributed by atoms with Gasteiger partial charge in [-0.2, -0.15) is 13.2 Å². The van der Waals surface area contributed by atoms with Crippen molar-refractivity contribution >= 4 is 75.4 Å². The van der Waals surface area contributed by atoms with E-state index in [9.17, 15) is 32.3 Å².